The van der Waals surface area contributed by atoms with E-state index in [0.29, 0.717) is 12.4 Å². The smallest absolute Gasteiger partial charge is 0.226 e. The van der Waals surface area contributed by atoms with Crippen molar-refractivity contribution in [2.45, 2.75) is 13.5 Å². The summed E-state index contributed by atoms with van der Waals surface area (Å²) in [7, 11) is 1.79. The fourth-order valence-electron chi connectivity index (χ4n) is 2.21. The van der Waals surface area contributed by atoms with Gasteiger partial charge >= 0.3 is 0 Å². The molecule has 0 saturated heterocycles. The first-order valence-corrected chi connectivity index (χ1v) is 7.34. The summed E-state index contributed by atoms with van der Waals surface area (Å²) in [6, 6.07) is 8.38. The van der Waals surface area contributed by atoms with Gasteiger partial charge in [-0.1, -0.05) is 42.0 Å². The van der Waals surface area contributed by atoms with Crippen molar-refractivity contribution in [1.82, 2.24) is 19.5 Å². The second-order valence-corrected chi connectivity index (χ2v) is 5.31. The molecule has 0 saturated carbocycles. The third kappa shape index (κ3) is 2.94. The van der Waals surface area contributed by atoms with Crippen molar-refractivity contribution in [3.63, 3.8) is 0 Å². The molecule has 22 heavy (non-hydrogen) atoms. The lowest BCUT2D eigenvalue weighted by Crippen LogP contribution is -1.99. The predicted molar refractivity (Wildman–Crippen MR) is 90.1 cm³/mol. The van der Waals surface area contributed by atoms with Crippen LogP contribution in [0.3, 0.4) is 0 Å². The summed E-state index contributed by atoms with van der Waals surface area (Å²) in [6.07, 6.45) is 5.89. The van der Waals surface area contributed by atoms with E-state index in [9.17, 15) is 0 Å². The van der Waals surface area contributed by atoms with Crippen molar-refractivity contribution in [3.8, 4) is 0 Å². The highest BCUT2D eigenvalue weighted by atomic mass is 35.5. The first-order valence-electron chi connectivity index (χ1n) is 6.96. The van der Waals surface area contributed by atoms with Gasteiger partial charge in [0.25, 0.3) is 0 Å². The normalized spacial score (nSPS) is 11.4. The number of nitrogens with zero attached hydrogens (tertiary/aromatic N) is 4. The fraction of sp³-hybridized carbons (Fsp3) is 0.188. The van der Waals surface area contributed by atoms with E-state index in [1.807, 2.05) is 4.57 Å². The Labute approximate surface area is 133 Å². The Morgan fingerprint density at radius 2 is 2.00 bits per heavy atom. The number of hydrogen-bond acceptors (Lipinski definition) is 4. The van der Waals surface area contributed by atoms with E-state index in [2.05, 4.69) is 63.6 Å². The molecule has 0 amide bonds. The van der Waals surface area contributed by atoms with Crippen molar-refractivity contribution in [2.75, 3.05) is 12.4 Å². The first kappa shape index (κ1) is 14.5. The van der Waals surface area contributed by atoms with Gasteiger partial charge < -0.3 is 9.88 Å². The van der Waals surface area contributed by atoms with E-state index in [4.69, 9.17) is 11.6 Å². The predicted octanol–water partition coefficient (Wildman–Crippen LogP) is 3.54. The zero-order chi connectivity index (χ0) is 15.5. The van der Waals surface area contributed by atoms with Crippen LogP contribution in [-0.2, 0) is 6.54 Å². The van der Waals surface area contributed by atoms with Gasteiger partial charge in [-0.2, -0.15) is 9.97 Å². The summed E-state index contributed by atoms with van der Waals surface area (Å²) in [5.41, 5.74) is 3.86. The van der Waals surface area contributed by atoms with Gasteiger partial charge in [0.15, 0.2) is 17.0 Å². The maximum atomic E-state index is 5.95. The molecule has 0 aliphatic rings. The molecule has 0 atom stereocenters. The molecule has 0 radical (unpaired) electrons. The number of imidazole rings is 1. The van der Waals surface area contributed by atoms with E-state index >= 15 is 0 Å². The Morgan fingerprint density at radius 1 is 1.23 bits per heavy atom. The summed E-state index contributed by atoms with van der Waals surface area (Å²) < 4.78 is 1.94. The van der Waals surface area contributed by atoms with Gasteiger partial charge in [-0.15, -0.1) is 0 Å². The molecular formula is C16H16ClN5. The highest BCUT2D eigenvalue weighted by Gasteiger charge is 2.10. The molecule has 0 spiro atoms. The maximum Gasteiger partial charge on any atom is 0.226 e. The summed E-state index contributed by atoms with van der Waals surface area (Å²) in [5.74, 6) is 0.635. The van der Waals surface area contributed by atoms with Gasteiger partial charge in [-0.3, -0.25) is 0 Å². The maximum absolute atomic E-state index is 5.95. The molecule has 112 valence electrons. The van der Waals surface area contributed by atoms with Crippen LogP contribution < -0.4 is 5.32 Å². The van der Waals surface area contributed by atoms with E-state index in [1.54, 1.807) is 13.4 Å². The third-order valence-corrected chi connectivity index (χ3v) is 3.53. The molecule has 0 bridgehead atoms. The first-order chi connectivity index (χ1) is 10.7. The monoisotopic (exact) mass is 313 g/mol. The van der Waals surface area contributed by atoms with Gasteiger partial charge in [0.1, 0.15) is 0 Å². The van der Waals surface area contributed by atoms with Crippen molar-refractivity contribution in [1.29, 1.82) is 0 Å². The minimum absolute atomic E-state index is 0.209. The Morgan fingerprint density at radius 3 is 2.73 bits per heavy atom. The van der Waals surface area contributed by atoms with Crippen molar-refractivity contribution in [3.05, 3.63) is 53.1 Å². The fourth-order valence-corrected chi connectivity index (χ4v) is 2.37. The number of nitrogens with one attached hydrogen (secondary N) is 1. The molecule has 1 aromatic carbocycles. The summed E-state index contributed by atoms with van der Waals surface area (Å²) >= 11 is 5.95. The van der Waals surface area contributed by atoms with E-state index in [0.717, 1.165) is 11.2 Å². The number of benzene rings is 1. The van der Waals surface area contributed by atoms with Crippen LogP contribution in [0.25, 0.3) is 17.2 Å². The number of aryl methyl sites for hydroxylation is 1. The molecule has 6 heteroatoms. The third-order valence-electron chi connectivity index (χ3n) is 3.36. The molecular weight excluding hydrogens is 298 g/mol. The van der Waals surface area contributed by atoms with Gasteiger partial charge in [-0.05, 0) is 24.1 Å². The Bertz CT molecular complexity index is 820. The molecule has 2 heterocycles. The van der Waals surface area contributed by atoms with Crippen molar-refractivity contribution in [2.24, 2.45) is 0 Å². The summed E-state index contributed by atoms with van der Waals surface area (Å²) in [6.45, 7) is 2.74. The topological polar surface area (TPSA) is 55.6 Å². The highest BCUT2D eigenvalue weighted by molar-refractivity contribution is 6.28. The Hall–Kier alpha value is -2.40. The standard InChI is InChI=1S/C16H16ClN5/c1-11-5-7-12(8-6-11)4-3-9-22-10-19-13-14(18-2)20-16(17)21-15(13)22/h3-8,10H,9H2,1-2H3,(H,18,20,21)/b4-3+. The highest BCUT2D eigenvalue weighted by Crippen LogP contribution is 2.20. The van der Waals surface area contributed by atoms with Crippen LogP contribution in [0.15, 0.2) is 36.7 Å². The van der Waals surface area contributed by atoms with E-state index in [1.165, 1.54) is 11.1 Å². The number of halogens is 1. The van der Waals surface area contributed by atoms with Crippen LogP contribution in [0.2, 0.25) is 5.28 Å². The molecule has 2 aromatic heterocycles. The van der Waals surface area contributed by atoms with Crippen LogP contribution in [0.5, 0.6) is 0 Å². The number of hydrogen-bond donors (Lipinski definition) is 1. The largest absolute Gasteiger partial charge is 0.371 e. The van der Waals surface area contributed by atoms with E-state index in [-0.39, 0.29) is 5.28 Å². The van der Waals surface area contributed by atoms with Crippen molar-refractivity contribution >= 4 is 34.7 Å². The summed E-state index contributed by atoms with van der Waals surface area (Å²) in [5, 5.41) is 3.19. The molecule has 0 aliphatic heterocycles. The molecule has 0 aliphatic carbocycles. The molecule has 5 nitrogen and oxygen atoms in total. The van der Waals surface area contributed by atoms with Gasteiger partial charge in [-0.25, -0.2) is 4.98 Å². The van der Waals surface area contributed by atoms with Crippen LogP contribution in [0.1, 0.15) is 11.1 Å². The zero-order valence-electron chi connectivity index (χ0n) is 12.4. The SMILES string of the molecule is CNc1nc(Cl)nc2c1ncn2C/C=C/c1ccc(C)cc1. The van der Waals surface area contributed by atoms with Crippen molar-refractivity contribution < 1.29 is 0 Å². The average molecular weight is 314 g/mol. The Kier molecular flexibility index (Phi) is 4.06. The minimum atomic E-state index is 0.209. The van der Waals surface area contributed by atoms with Gasteiger partial charge in [0.05, 0.1) is 6.33 Å². The lowest BCUT2D eigenvalue weighted by molar-refractivity contribution is 0.839. The lowest BCUT2D eigenvalue weighted by Gasteiger charge is -2.02. The van der Waals surface area contributed by atoms with E-state index < -0.39 is 0 Å². The average Bonchev–Trinajstić information content (AvgIpc) is 2.91. The number of fused-ring (bicyclic) bond motifs is 1. The number of rotatable bonds is 4. The van der Waals surface area contributed by atoms with Crippen LogP contribution in [-0.4, -0.2) is 26.6 Å². The van der Waals surface area contributed by atoms with Crippen LogP contribution in [0.4, 0.5) is 5.82 Å². The Balaban J connectivity index is 1.85. The number of anilines is 1. The van der Waals surface area contributed by atoms with Crippen LogP contribution in [0, 0.1) is 6.92 Å². The van der Waals surface area contributed by atoms with Gasteiger partial charge in [0.2, 0.25) is 5.28 Å². The molecule has 3 rings (SSSR count). The minimum Gasteiger partial charge on any atom is -0.371 e. The number of aromatic nitrogens is 4. The van der Waals surface area contributed by atoms with Gasteiger partial charge in [0, 0.05) is 13.6 Å². The second-order valence-electron chi connectivity index (χ2n) is 4.97. The molecule has 1 N–H and O–H groups in total. The molecule has 0 fully saturated rings. The quantitative estimate of drug-likeness (QED) is 0.748. The molecule has 3 aromatic rings. The number of allylic oxidation sites excluding steroid dienone is 1. The second kappa shape index (κ2) is 6.15. The molecule has 0 unspecified atom stereocenters. The zero-order valence-corrected chi connectivity index (χ0v) is 13.2. The summed E-state index contributed by atoms with van der Waals surface area (Å²) in [4.78, 5) is 12.7. The lowest BCUT2D eigenvalue weighted by atomic mass is 10.1. The van der Waals surface area contributed by atoms with Crippen LogP contribution >= 0.6 is 11.6 Å².